The summed E-state index contributed by atoms with van der Waals surface area (Å²) in [7, 11) is 0. The van der Waals surface area contributed by atoms with Crippen molar-refractivity contribution in [2.45, 2.75) is 6.42 Å². The topological polar surface area (TPSA) is 64.9 Å². The van der Waals surface area contributed by atoms with Crippen LogP contribution in [0, 0.1) is 0 Å². The maximum atomic E-state index is 5.74. The van der Waals surface area contributed by atoms with Crippen molar-refractivity contribution < 1.29 is 0 Å². The second kappa shape index (κ2) is 4.87. The Labute approximate surface area is 86.0 Å². The number of rotatable bonds is 3. The Hall–Kier alpha value is -1.03. The molecule has 4 heteroatoms. The van der Waals surface area contributed by atoms with Gasteiger partial charge in [0.05, 0.1) is 17.6 Å². The molecule has 4 N–H and O–H groups in total. The van der Waals surface area contributed by atoms with Crippen molar-refractivity contribution >= 4 is 33.4 Å². The number of alkyl halides is 1. The Morgan fingerprint density at radius 2 is 2.15 bits per heavy atom. The molecule has 1 rings (SSSR count). The first-order valence-electron chi connectivity index (χ1n) is 3.97. The van der Waals surface area contributed by atoms with E-state index in [1.54, 1.807) is 12.4 Å². The highest BCUT2D eigenvalue weighted by atomic mass is 79.9. The SMILES string of the molecule is Nc1cncc(C=CCCBr)c1N. The zero-order chi connectivity index (χ0) is 9.68. The summed E-state index contributed by atoms with van der Waals surface area (Å²) in [6, 6.07) is 0. The molecule has 13 heavy (non-hydrogen) atoms. The van der Waals surface area contributed by atoms with Crippen LogP contribution in [0.3, 0.4) is 0 Å². The highest BCUT2D eigenvalue weighted by Crippen LogP contribution is 2.18. The number of aromatic nitrogens is 1. The van der Waals surface area contributed by atoms with Gasteiger partial charge in [-0.05, 0) is 6.42 Å². The van der Waals surface area contributed by atoms with Crippen LogP contribution in [0.4, 0.5) is 11.4 Å². The van der Waals surface area contributed by atoms with Gasteiger partial charge in [-0.25, -0.2) is 0 Å². The van der Waals surface area contributed by atoms with Gasteiger partial charge in [-0.15, -0.1) is 0 Å². The molecule has 0 amide bonds. The third-order valence-electron chi connectivity index (χ3n) is 1.62. The zero-order valence-corrected chi connectivity index (χ0v) is 8.79. The van der Waals surface area contributed by atoms with Gasteiger partial charge in [-0.3, -0.25) is 4.98 Å². The average Bonchev–Trinajstić information content (AvgIpc) is 2.13. The molecule has 70 valence electrons. The maximum absolute atomic E-state index is 5.74. The number of allylic oxidation sites excluding steroid dienone is 1. The number of hydrogen-bond acceptors (Lipinski definition) is 3. The summed E-state index contributed by atoms with van der Waals surface area (Å²) in [6.07, 6.45) is 8.18. The molecule has 0 bridgehead atoms. The predicted octanol–water partition coefficient (Wildman–Crippen LogP) is 2.04. The molecule has 1 aromatic heterocycles. The Bertz CT molecular complexity index is 310. The van der Waals surface area contributed by atoms with Gasteiger partial charge >= 0.3 is 0 Å². The average molecular weight is 242 g/mol. The van der Waals surface area contributed by atoms with E-state index in [9.17, 15) is 0 Å². The monoisotopic (exact) mass is 241 g/mol. The third-order valence-corrected chi connectivity index (χ3v) is 2.08. The first kappa shape index (κ1) is 10.1. The smallest absolute Gasteiger partial charge is 0.0740 e. The van der Waals surface area contributed by atoms with Gasteiger partial charge < -0.3 is 11.5 Å². The van der Waals surface area contributed by atoms with Crippen molar-refractivity contribution in [3.63, 3.8) is 0 Å². The van der Waals surface area contributed by atoms with E-state index in [4.69, 9.17) is 11.5 Å². The van der Waals surface area contributed by atoms with Gasteiger partial charge in [0.25, 0.3) is 0 Å². The molecule has 0 saturated carbocycles. The van der Waals surface area contributed by atoms with Crippen molar-refractivity contribution in [2.24, 2.45) is 0 Å². The van der Waals surface area contributed by atoms with Crippen LogP contribution in [-0.2, 0) is 0 Å². The van der Waals surface area contributed by atoms with E-state index in [1.165, 1.54) is 0 Å². The molecule has 0 radical (unpaired) electrons. The molecule has 0 aliphatic heterocycles. The van der Waals surface area contributed by atoms with Crippen molar-refractivity contribution in [2.75, 3.05) is 16.8 Å². The Balaban J connectivity index is 2.83. The first-order valence-corrected chi connectivity index (χ1v) is 5.09. The molecule has 0 atom stereocenters. The molecule has 1 heterocycles. The fraction of sp³-hybridized carbons (Fsp3) is 0.222. The summed E-state index contributed by atoms with van der Waals surface area (Å²) in [4.78, 5) is 3.96. The minimum Gasteiger partial charge on any atom is -0.396 e. The summed E-state index contributed by atoms with van der Waals surface area (Å²) in [5.41, 5.74) is 13.3. The summed E-state index contributed by atoms with van der Waals surface area (Å²) < 4.78 is 0. The van der Waals surface area contributed by atoms with E-state index in [1.807, 2.05) is 12.2 Å². The van der Waals surface area contributed by atoms with Crippen LogP contribution < -0.4 is 11.5 Å². The van der Waals surface area contributed by atoms with Crippen LogP contribution in [0.5, 0.6) is 0 Å². The van der Waals surface area contributed by atoms with Crippen molar-refractivity contribution in [1.29, 1.82) is 0 Å². The highest BCUT2D eigenvalue weighted by molar-refractivity contribution is 9.09. The van der Waals surface area contributed by atoms with E-state index in [0.29, 0.717) is 11.4 Å². The fourth-order valence-electron chi connectivity index (χ4n) is 0.910. The number of anilines is 2. The first-order chi connectivity index (χ1) is 6.25. The zero-order valence-electron chi connectivity index (χ0n) is 7.20. The summed E-state index contributed by atoms with van der Waals surface area (Å²) in [6.45, 7) is 0. The molecule has 3 nitrogen and oxygen atoms in total. The summed E-state index contributed by atoms with van der Waals surface area (Å²) in [5, 5.41) is 0.944. The quantitative estimate of drug-likeness (QED) is 0.797. The normalized spacial score (nSPS) is 10.8. The van der Waals surface area contributed by atoms with Gasteiger partial charge in [0.15, 0.2) is 0 Å². The molecule has 0 aromatic carbocycles. The van der Waals surface area contributed by atoms with Crippen LogP contribution in [0.15, 0.2) is 18.5 Å². The van der Waals surface area contributed by atoms with Crippen LogP contribution in [-0.4, -0.2) is 10.3 Å². The number of nitrogens with zero attached hydrogens (tertiary/aromatic N) is 1. The standard InChI is InChI=1S/C9H12BrN3/c10-4-2-1-3-7-5-13-6-8(11)9(7)12/h1,3,5-6H,2,4,11H2,(H2,12,13). The lowest BCUT2D eigenvalue weighted by Crippen LogP contribution is -1.97. The largest absolute Gasteiger partial charge is 0.396 e. The van der Waals surface area contributed by atoms with Crippen LogP contribution in [0.2, 0.25) is 0 Å². The van der Waals surface area contributed by atoms with Crippen LogP contribution >= 0.6 is 15.9 Å². The Morgan fingerprint density at radius 1 is 1.38 bits per heavy atom. The maximum Gasteiger partial charge on any atom is 0.0740 e. The lowest BCUT2D eigenvalue weighted by Gasteiger charge is -2.01. The number of hydrogen-bond donors (Lipinski definition) is 2. The molecular weight excluding hydrogens is 230 g/mol. The summed E-state index contributed by atoms with van der Waals surface area (Å²) >= 11 is 3.33. The number of pyridine rings is 1. The van der Waals surface area contributed by atoms with E-state index in [2.05, 4.69) is 20.9 Å². The van der Waals surface area contributed by atoms with Crippen LogP contribution in [0.1, 0.15) is 12.0 Å². The second-order valence-corrected chi connectivity index (χ2v) is 3.40. The number of nitrogens with two attached hydrogens (primary N) is 2. The lowest BCUT2D eigenvalue weighted by atomic mass is 10.2. The van der Waals surface area contributed by atoms with E-state index < -0.39 is 0 Å². The third kappa shape index (κ3) is 2.73. The highest BCUT2D eigenvalue weighted by Gasteiger charge is 1.98. The fourth-order valence-corrected chi connectivity index (χ4v) is 1.17. The molecule has 0 aliphatic carbocycles. The van der Waals surface area contributed by atoms with E-state index >= 15 is 0 Å². The van der Waals surface area contributed by atoms with Crippen molar-refractivity contribution in [3.05, 3.63) is 24.0 Å². The Morgan fingerprint density at radius 3 is 2.85 bits per heavy atom. The van der Waals surface area contributed by atoms with Gasteiger partial charge in [-0.2, -0.15) is 0 Å². The molecule has 1 aromatic rings. The van der Waals surface area contributed by atoms with Gasteiger partial charge in [0, 0.05) is 17.1 Å². The minimum atomic E-state index is 0.529. The molecular formula is C9H12BrN3. The van der Waals surface area contributed by atoms with Crippen LogP contribution in [0.25, 0.3) is 6.08 Å². The summed E-state index contributed by atoms with van der Waals surface area (Å²) in [5.74, 6) is 0. The van der Waals surface area contributed by atoms with Gasteiger partial charge in [0.1, 0.15) is 0 Å². The molecule has 0 spiro atoms. The lowest BCUT2D eigenvalue weighted by molar-refractivity contribution is 1.27. The van der Waals surface area contributed by atoms with Gasteiger partial charge in [-0.1, -0.05) is 28.1 Å². The molecule has 0 fully saturated rings. The Kier molecular flexibility index (Phi) is 3.76. The second-order valence-electron chi connectivity index (χ2n) is 2.61. The number of nitrogen functional groups attached to an aromatic ring is 2. The number of halogens is 1. The van der Waals surface area contributed by atoms with Crippen molar-refractivity contribution in [1.82, 2.24) is 4.98 Å². The minimum absolute atomic E-state index is 0.529. The van der Waals surface area contributed by atoms with E-state index in [0.717, 1.165) is 17.3 Å². The predicted molar refractivity (Wildman–Crippen MR) is 60.5 cm³/mol. The molecule has 0 unspecified atom stereocenters. The van der Waals surface area contributed by atoms with Gasteiger partial charge in [0.2, 0.25) is 0 Å². The van der Waals surface area contributed by atoms with E-state index in [-0.39, 0.29) is 0 Å². The molecule has 0 aliphatic rings. The molecule has 0 saturated heterocycles. The van der Waals surface area contributed by atoms with Crippen molar-refractivity contribution in [3.8, 4) is 0 Å².